The molecule has 6 heterocycles. The van der Waals surface area contributed by atoms with Crippen molar-refractivity contribution >= 4 is 15.9 Å². The van der Waals surface area contributed by atoms with Crippen LogP contribution >= 0.6 is 15.9 Å². The van der Waals surface area contributed by atoms with Gasteiger partial charge in [0.15, 0.2) is 0 Å². The van der Waals surface area contributed by atoms with E-state index in [1.165, 1.54) is 78.5 Å². The van der Waals surface area contributed by atoms with Gasteiger partial charge in [-0.25, -0.2) is 0 Å². The van der Waals surface area contributed by atoms with Gasteiger partial charge in [-0.1, -0.05) is 0 Å². The Kier molecular flexibility index (Phi) is 2.56. The van der Waals surface area contributed by atoms with Crippen LogP contribution in [0, 0.1) is 0 Å². The molecule has 0 aliphatic carbocycles. The van der Waals surface area contributed by atoms with Gasteiger partial charge in [-0.05, 0) is 0 Å². The van der Waals surface area contributed by atoms with E-state index >= 15 is 0 Å². The van der Waals surface area contributed by atoms with Crippen molar-refractivity contribution in [2.45, 2.75) is 0 Å². The summed E-state index contributed by atoms with van der Waals surface area (Å²) in [6, 6.07) is 0. The summed E-state index contributed by atoms with van der Waals surface area (Å²) in [6.07, 6.45) is 0. The zero-order chi connectivity index (χ0) is 13.7. The van der Waals surface area contributed by atoms with E-state index in [-0.39, 0.29) is 0 Å². The first kappa shape index (κ1) is 12.9. The predicted molar refractivity (Wildman–Crippen MR) is 84.4 cm³/mol. The van der Waals surface area contributed by atoms with E-state index < -0.39 is 15.9 Å². The van der Waals surface area contributed by atoms with Crippen LogP contribution in [0.4, 0.5) is 0 Å². The van der Waals surface area contributed by atoms with Gasteiger partial charge in [-0.3, -0.25) is 0 Å². The highest BCUT2D eigenvalue weighted by molar-refractivity contribution is 7.78. The van der Waals surface area contributed by atoms with Crippen molar-refractivity contribution in [1.82, 2.24) is 28.0 Å². The van der Waals surface area contributed by atoms with Gasteiger partial charge >= 0.3 is 15.9 Å². The van der Waals surface area contributed by atoms with E-state index in [1.807, 2.05) is 0 Å². The molecule has 0 aromatic heterocycles. The largest absolute Gasteiger partial charge is 0.427 e. The SMILES string of the molecule is C1CN1[P+](O[P+](N1CC1)(N1CC1)N1CC1)(N1CC1)N1CC1. The summed E-state index contributed by atoms with van der Waals surface area (Å²) in [6.45, 7) is 15.0. The molecule has 0 unspecified atom stereocenters. The van der Waals surface area contributed by atoms with Gasteiger partial charge in [0.05, 0.1) is 78.5 Å². The van der Waals surface area contributed by atoms with Gasteiger partial charge in [0.25, 0.3) is 0 Å². The summed E-state index contributed by atoms with van der Waals surface area (Å²) in [5, 5.41) is 0. The minimum atomic E-state index is -1.62. The van der Waals surface area contributed by atoms with E-state index in [0.29, 0.717) is 0 Å². The Labute approximate surface area is 127 Å². The highest BCUT2D eigenvalue weighted by Crippen LogP contribution is 2.89. The lowest BCUT2D eigenvalue weighted by Crippen LogP contribution is -2.29. The average molecular weight is 330 g/mol. The van der Waals surface area contributed by atoms with Crippen LogP contribution in [0.5, 0.6) is 0 Å². The molecule has 0 aromatic carbocycles. The van der Waals surface area contributed by atoms with E-state index in [9.17, 15) is 0 Å². The third kappa shape index (κ3) is 1.94. The summed E-state index contributed by atoms with van der Waals surface area (Å²) < 4.78 is 23.3. The quantitative estimate of drug-likeness (QED) is 0.465. The maximum absolute atomic E-state index is 7.35. The monoisotopic (exact) mass is 330 g/mol. The molecule has 0 atom stereocenters. The van der Waals surface area contributed by atoms with Crippen LogP contribution in [0.25, 0.3) is 0 Å². The van der Waals surface area contributed by atoms with E-state index in [0.717, 1.165) is 0 Å². The fourth-order valence-corrected chi connectivity index (χ4v) is 12.8. The van der Waals surface area contributed by atoms with Gasteiger partial charge < -0.3 is 0 Å². The second-order valence-electron chi connectivity index (χ2n) is 6.83. The topological polar surface area (TPSA) is 27.3 Å². The zero-order valence-electron chi connectivity index (χ0n) is 12.5. The number of nitrogens with zero attached hydrogens (tertiary/aromatic N) is 6. The van der Waals surface area contributed by atoms with Crippen molar-refractivity contribution in [3.63, 3.8) is 0 Å². The van der Waals surface area contributed by atoms with Crippen LogP contribution < -0.4 is 0 Å². The number of rotatable bonds is 8. The van der Waals surface area contributed by atoms with Crippen molar-refractivity contribution in [3.05, 3.63) is 0 Å². The molecule has 0 amide bonds. The zero-order valence-corrected chi connectivity index (χ0v) is 14.3. The minimum absolute atomic E-state index is 1.25. The van der Waals surface area contributed by atoms with Gasteiger partial charge in [0, 0.05) is 4.31 Å². The first-order chi connectivity index (χ1) is 10.3. The Balaban J connectivity index is 1.40. The Morgan fingerprint density at radius 1 is 0.381 bits per heavy atom. The lowest BCUT2D eigenvalue weighted by molar-refractivity contribution is 0.405. The highest BCUT2D eigenvalue weighted by atomic mass is 31.3. The summed E-state index contributed by atoms with van der Waals surface area (Å²) >= 11 is 0. The van der Waals surface area contributed by atoms with Crippen LogP contribution in [0.15, 0.2) is 0 Å². The normalized spacial score (nSPS) is 34.3. The average Bonchev–Trinajstić information content (AvgIpc) is 3.29. The Hall–Kier alpha value is 0.580. The Morgan fingerprint density at radius 3 is 0.714 bits per heavy atom. The molecule has 6 aliphatic heterocycles. The first-order valence-electron chi connectivity index (χ1n) is 8.36. The number of hydrogen-bond donors (Lipinski definition) is 0. The van der Waals surface area contributed by atoms with Crippen molar-refractivity contribution in [2.24, 2.45) is 0 Å². The van der Waals surface area contributed by atoms with Gasteiger partial charge in [0.1, 0.15) is 0 Å². The van der Waals surface area contributed by atoms with E-state index in [2.05, 4.69) is 28.0 Å². The van der Waals surface area contributed by atoms with Crippen LogP contribution in [0.2, 0.25) is 0 Å². The van der Waals surface area contributed by atoms with E-state index in [4.69, 9.17) is 4.31 Å². The highest BCUT2D eigenvalue weighted by Gasteiger charge is 2.83. The van der Waals surface area contributed by atoms with Gasteiger partial charge in [-0.2, -0.15) is 0 Å². The summed E-state index contributed by atoms with van der Waals surface area (Å²) in [5.74, 6) is 0. The second-order valence-corrected chi connectivity index (χ2v) is 12.9. The molecule has 0 spiro atoms. The van der Waals surface area contributed by atoms with Crippen molar-refractivity contribution < 1.29 is 4.31 Å². The molecule has 0 radical (unpaired) electrons. The Morgan fingerprint density at radius 2 is 0.571 bits per heavy atom. The Bertz CT molecular complexity index is 366. The number of hydrogen-bond acceptors (Lipinski definition) is 7. The lowest BCUT2D eigenvalue weighted by atomic mass is 11.0. The standard InChI is InChI=1S/C12H24N6OP2/c1-2-13(1)20(14-3-4-14,15-5-6-15)19-21(16-7-8-16,17-9-10-17)18-11-12-18/h1-12H2/q+2. The fourth-order valence-electron chi connectivity index (χ4n) is 3.36. The van der Waals surface area contributed by atoms with Crippen LogP contribution in [-0.2, 0) is 4.31 Å². The molecule has 7 nitrogen and oxygen atoms in total. The maximum atomic E-state index is 7.35. The molecule has 116 valence electrons. The molecular formula is C12H24N6OP2+2. The molecule has 6 fully saturated rings. The molecule has 6 aliphatic rings. The lowest BCUT2D eigenvalue weighted by Gasteiger charge is -2.31. The molecule has 0 aromatic rings. The summed E-state index contributed by atoms with van der Waals surface area (Å²) in [5.41, 5.74) is 0. The third-order valence-electron chi connectivity index (χ3n) is 4.97. The molecular weight excluding hydrogens is 306 g/mol. The molecule has 21 heavy (non-hydrogen) atoms. The minimum Gasteiger partial charge on any atom is -0.117 e. The van der Waals surface area contributed by atoms with Crippen molar-refractivity contribution in [1.29, 1.82) is 0 Å². The molecule has 9 heteroatoms. The van der Waals surface area contributed by atoms with Crippen molar-refractivity contribution in [3.8, 4) is 0 Å². The second kappa shape index (κ2) is 4.15. The molecule has 6 rings (SSSR count). The van der Waals surface area contributed by atoms with Crippen molar-refractivity contribution in [2.75, 3.05) is 78.5 Å². The fraction of sp³-hybridized carbons (Fsp3) is 1.00. The molecule has 0 bridgehead atoms. The molecule has 0 N–H and O–H groups in total. The first-order valence-corrected chi connectivity index (χ1v) is 11.5. The van der Waals surface area contributed by atoms with Crippen LogP contribution in [-0.4, -0.2) is 107 Å². The summed E-state index contributed by atoms with van der Waals surface area (Å²) in [4.78, 5) is 0. The molecule has 6 saturated heterocycles. The summed E-state index contributed by atoms with van der Waals surface area (Å²) in [7, 11) is -3.23. The molecule has 0 saturated carbocycles. The van der Waals surface area contributed by atoms with Crippen LogP contribution in [0.1, 0.15) is 0 Å². The maximum Gasteiger partial charge on any atom is 0.427 e. The van der Waals surface area contributed by atoms with E-state index in [1.54, 1.807) is 0 Å². The predicted octanol–water partition coefficient (Wildman–Crippen LogP) is 0.252. The smallest absolute Gasteiger partial charge is 0.117 e. The third-order valence-corrected chi connectivity index (χ3v) is 13.5. The van der Waals surface area contributed by atoms with Gasteiger partial charge in [-0.15, -0.1) is 28.0 Å². The van der Waals surface area contributed by atoms with Gasteiger partial charge in [0.2, 0.25) is 0 Å². The van der Waals surface area contributed by atoms with Crippen LogP contribution in [0.3, 0.4) is 0 Å².